The van der Waals surface area contributed by atoms with E-state index in [0.717, 1.165) is 0 Å². The van der Waals surface area contributed by atoms with E-state index in [1.54, 1.807) is 55.6 Å². The summed E-state index contributed by atoms with van der Waals surface area (Å²) in [6.07, 6.45) is 0. The second-order valence-corrected chi connectivity index (χ2v) is 11.6. The summed E-state index contributed by atoms with van der Waals surface area (Å²) in [6, 6.07) is 16.1. The summed E-state index contributed by atoms with van der Waals surface area (Å²) >= 11 is 31.4. The highest BCUT2D eigenvalue weighted by Crippen LogP contribution is 2.65. The molecule has 2 N–H and O–H groups in total. The van der Waals surface area contributed by atoms with Crippen LogP contribution in [0.2, 0.25) is 15.1 Å². The molecular weight excluding hydrogens is 608 g/mol. The molecule has 1 aliphatic carbocycles. The van der Waals surface area contributed by atoms with Gasteiger partial charge in [-0.1, -0.05) is 34.8 Å². The van der Waals surface area contributed by atoms with E-state index in [4.69, 9.17) is 62.7 Å². The molecule has 1 aliphatic rings. The minimum atomic E-state index is -1.35. The molecule has 3 amide bonds. The molecular formula is C27H22Cl5N3O4. The third-order valence-electron chi connectivity index (χ3n) is 6.21. The van der Waals surface area contributed by atoms with Gasteiger partial charge in [-0.3, -0.25) is 14.4 Å². The number of likely N-dealkylation sites (N-methyl/N-ethyl adjacent to an activating group) is 1. The first-order valence-electron chi connectivity index (χ1n) is 11.5. The Morgan fingerprint density at radius 2 is 1.51 bits per heavy atom. The van der Waals surface area contributed by atoms with Crippen molar-refractivity contribution in [3.63, 3.8) is 0 Å². The van der Waals surface area contributed by atoms with Gasteiger partial charge in [0.1, 0.15) is 10.9 Å². The van der Waals surface area contributed by atoms with Crippen LogP contribution in [0.25, 0.3) is 0 Å². The molecule has 0 bridgehead atoms. The maximum Gasteiger partial charge on any atom is 0.257 e. The zero-order chi connectivity index (χ0) is 28.5. The summed E-state index contributed by atoms with van der Waals surface area (Å²) in [5.41, 5.74) is 2.24. The molecule has 2 unspecified atom stereocenters. The minimum Gasteiger partial charge on any atom is -0.375 e. The van der Waals surface area contributed by atoms with Crippen LogP contribution in [0, 0.1) is 5.92 Å². The molecule has 1 saturated carbocycles. The summed E-state index contributed by atoms with van der Waals surface area (Å²) in [7, 11) is 3.07. The van der Waals surface area contributed by atoms with E-state index in [9.17, 15) is 14.4 Å². The van der Waals surface area contributed by atoms with Gasteiger partial charge in [0, 0.05) is 47.2 Å². The topological polar surface area (TPSA) is 87.7 Å². The standard InChI is InChI=1S/C27H22Cl5N3O4/c1-35(22(36)13-39-2)19-6-3-17(4-7-19)33-25(37)20-12-18(5-8-21(20)30)34-26(38)24-23(27(24,31)32)14-9-15(28)11-16(29)10-14/h3-12,23-24H,13H2,1-2H3,(H,33,37)(H,34,38). The maximum atomic E-state index is 13.1. The van der Waals surface area contributed by atoms with Gasteiger partial charge in [-0.25, -0.2) is 0 Å². The molecule has 0 aliphatic heterocycles. The van der Waals surface area contributed by atoms with Crippen molar-refractivity contribution >= 4 is 92.8 Å². The fourth-order valence-corrected chi connectivity index (χ4v) is 5.72. The lowest BCUT2D eigenvalue weighted by molar-refractivity contribution is -0.122. The second kappa shape index (κ2) is 11.9. The van der Waals surface area contributed by atoms with Gasteiger partial charge in [0.15, 0.2) is 0 Å². The molecule has 12 heteroatoms. The molecule has 3 aromatic rings. The number of alkyl halides is 2. The predicted molar refractivity (Wildman–Crippen MR) is 157 cm³/mol. The van der Waals surface area contributed by atoms with E-state index in [-0.39, 0.29) is 23.1 Å². The van der Waals surface area contributed by atoms with Gasteiger partial charge < -0.3 is 20.3 Å². The van der Waals surface area contributed by atoms with Crippen LogP contribution in [-0.2, 0) is 14.3 Å². The molecule has 0 spiro atoms. The zero-order valence-corrected chi connectivity index (χ0v) is 24.4. The number of carbonyl (C=O) groups is 3. The summed E-state index contributed by atoms with van der Waals surface area (Å²) in [5.74, 6) is -2.42. The third-order valence-corrected chi connectivity index (χ3v) is 7.92. The number of methoxy groups -OCH3 is 1. The summed E-state index contributed by atoms with van der Waals surface area (Å²) < 4.78 is 3.52. The lowest BCUT2D eigenvalue weighted by Gasteiger charge is -2.17. The average Bonchev–Trinajstić information content (AvgIpc) is 3.46. The van der Waals surface area contributed by atoms with Crippen molar-refractivity contribution in [1.82, 2.24) is 0 Å². The molecule has 1 fully saturated rings. The number of carbonyl (C=O) groups excluding carboxylic acids is 3. The Morgan fingerprint density at radius 1 is 0.897 bits per heavy atom. The predicted octanol–water partition coefficient (Wildman–Crippen LogP) is 7.03. The van der Waals surface area contributed by atoms with Crippen LogP contribution in [0.4, 0.5) is 17.1 Å². The van der Waals surface area contributed by atoms with Crippen LogP contribution in [0.3, 0.4) is 0 Å². The lowest BCUT2D eigenvalue weighted by Crippen LogP contribution is -2.29. The van der Waals surface area contributed by atoms with Crippen molar-refractivity contribution in [2.45, 2.75) is 10.3 Å². The van der Waals surface area contributed by atoms with Crippen molar-refractivity contribution in [2.24, 2.45) is 5.92 Å². The highest BCUT2D eigenvalue weighted by atomic mass is 35.5. The number of benzene rings is 3. The monoisotopic (exact) mass is 627 g/mol. The van der Waals surface area contributed by atoms with Crippen LogP contribution < -0.4 is 15.5 Å². The van der Waals surface area contributed by atoms with E-state index in [0.29, 0.717) is 32.7 Å². The normalized spacial score (nSPS) is 17.3. The van der Waals surface area contributed by atoms with Crippen LogP contribution in [0.5, 0.6) is 0 Å². The van der Waals surface area contributed by atoms with Crippen LogP contribution >= 0.6 is 58.0 Å². The Morgan fingerprint density at radius 3 is 2.13 bits per heavy atom. The SMILES string of the molecule is COCC(=O)N(C)c1ccc(NC(=O)c2cc(NC(=O)C3C(c4cc(Cl)cc(Cl)c4)C3(Cl)Cl)ccc2Cl)cc1. The van der Waals surface area contributed by atoms with Crippen molar-refractivity contribution in [1.29, 1.82) is 0 Å². The number of nitrogens with one attached hydrogen (secondary N) is 2. The van der Waals surface area contributed by atoms with Gasteiger partial charge in [-0.05, 0) is 66.2 Å². The Bertz CT molecular complexity index is 1410. The zero-order valence-electron chi connectivity index (χ0n) is 20.6. The number of hydrogen-bond acceptors (Lipinski definition) is 4. The number of nitrogens with zero attached hydrogens (tertiary/aromatic N) is 1. The molecule has 0 heterocycles. The van der Waals surface area contributed by atoms with Crippen molar-refractivity contribution in [3.8, 4) is 0 Å². The number of anilines is 3. The number of ether oxygens (including phenoxy) is 1. The fraction of sp³-hybridized carbons (Fsp3) is 0.222. The molecule has 204 valence electrons. The Hall–Kier alpha value is -2.52. The second-order valence-electron chi connectivity index (χ2n) is 8.90. The number of amides is 3. The van der Waals surface area contributed by atoms with Crippen LogP contribution in [0.15, 0.2) is 60.7 Å². The Kier molecular flexibility index (Phi) is 9.01. The minimum absolute atomic E-state index is 0.0481. The van der Waals surface area contributed by atoms with Gasteiger partial charge in [0.2, 0.25) is 5.91 Å². The maximum absolute atomic E-state index is 13.1. The van der Waals surface area contributed by atoms with Gasteiger partial charge in [-0.2, -0.15) is 0 Å². The van der Waals surface area contributed by atoms with Gasteiger partial charge in [0.05, 0.1) is 16.5 Å². The highest BCUT2D eigenvalue weighted by molar-refractivity contribution is 6.53. The lowest BCUT2D eigenvalue weighted by atomic mass is 10.1. The van der Waals surface area contributed by atoms with Crippen molar-refractivity contribution in [3.05, 3.63) is 86.9 Å². The van der Waals surface area contributed by atoms with Crippen molar-refractivity contribution in [2.75, 3.05) is 36.3 Å². The first-order chi connectivity index (χ1) is 18.4. The van der Waals surface area contributed by atoms with E-state index in [2.05, 4.69) is 10.6 Å². The summed E-state index contributed by atoms with van der Waals surface area (Å²) in [4.78, 5) is 39.5. The Labute approximate surface area is 250 Å². The summed E-state index contributed by atoms with van der Waals surface area (Å²) in [6.45, 7) is -0.0481. The first kappa shape index (κ1) is 29.5. The quantitative estimate of drug-likeness (QED) is 0.262. The molecule has 0 saturated heterocycles. The Balaban J connectivity index is 1.45. The van der Waals surface area contributed by atoms with Crippen LogP contribution in [0.1, 0.15) is 21.8 Å². The van der Waals surface area contributed by atoms with Crippen molar-refractivity contribution < 1.29 is 19.1 Å². The van der Waals surface area contributed by atoms with Gasteiger partial charge in [-0.15, -0.1) is 23.2 Å². The number of hydrogen-bond donors (Lipinski definition) is 2. The fourth-order valence-electron chi connectivity index (χ4n) is 4.15. The molecule has 39 heavy (non-hydrogen) atoms. The highest BCUT2D eigenvalue weighted by Gasteiger charge is 2.67. The molecule has 3 aromatic carbocycles. The number of halogens is 5. The van der Waals surface area contributed by atoms with E-state index < -0.39 is 28.0 Å². The molecule has 0 radical (unpaired) electrons. The number of rotatable bonds is 8. The molecule has 7 nitrogen and oxygen atoms in total. The largest absolute Gasteiger partial charge is 0.375 e. The van der Waals surface area contributed by atoms with E-state index >= 15 is 0 Å². The third kappa shape index (κ3) is 6.62. The van der Waals surface area contributed by atoms with Gasteiger partial charge >= 0.3 is 0 Å². The van der Waals surface area contributed by atoms with Gasteiger partial charge in [0.25, 0.3) is 11.8 Å². The molecule has 0 aromatic heterocycles. The first-order valence-corrected chi connectivity index (χ1v) is 13.4. The molecule has 4 rings (SSSR count). The van der Waals surface area contributed by atoms with E-state index in [1.807, 2.05) is 0 Å². The van der Waals surface area contributed by atoms with Crippen LogP contribution in [-0.4, -0.2) is 42.8 Å². The molecule has 2 atom stereocenters. The summed E-state index contributed by atoms with van der Waals surface area (Å²) in [5, 5.41) is 6.51. The van der Waals surface area contributed by atoms with E-state index in [1.165, 1.54) is 24.1 Å². The smallest absolute Gasteiger partial charge is 0.257 e. The average molecular weight is 630 g/mol.